The van der Waals surface area contributed by atoms with Crippen LogP contribution in [0.25, 0.3) is 0 Å². The van der Waals surface area contributed by atoms with E-state index < -0.39 is 16.1 Å². The molecule has 1 saturated heterocycles. The highest BCUT2D eigenvalue weighted by Crippen LogP contribution is 2.20. The zero-order valence-corrected chi connectivity index (χ0v) is 12.8. The number of nitrogens with zero attached hydrogens (tertiary/aromatic N) is 3. The van der Waals surface area contributed by atoms with Gasteiger partial charge >= 0.3 is 0 Å². The van der Waals surface area contributed by atoms with Gasteiger partial charge in [0.05, 0.1) is 18.8 Å². The van der Waals surface area contributed by atoms with Crippen molar-refractivity contribution in [1.82, 2.24) is 13.9 Å². The van der Waals surface area contributed by atoms with E-state index >= 15 is 0 Å². The second kappa shape index (κ2) is 5.80. The standard InChI is InChI=1S/C12H21N3O4S/c1-4-14-7-12(13-10(14)3)20(17,18)15-5-9(2)19-11(6-15)8-16/h7,9,11,16H,4-6,8H2,1-3H3. The third-order valence-corrected chi connectivity index (χ3v) is 5.10. The predicted octanol–water partition coefficient (Wildman–Crippen LogP) is -0.0183. The van der Waals surface area contributed by atoms with E-state index in [1.165, 1.54) is 4.31 Å². The van der Waals surface area contributed by atoms with Crippen LogP contribution >= 0.6 is 0 Å². The second-order valence-corrected chi connectivity index (χ2v) is 6.87. The Bertz CT molecular complexity index is 569. The number of aliphatic hydroxyl groups is 1. The van der Waals surface area contributed by atoms with E-state index in [9.17, 15) is 13.5 Å². The highest BCUT2D eigenvalue weighted by atomic mass is 32.2. The van der Waals surface area contributed by atoms with Crippen molar-refractivity contribution in [2.24, 2.45) is 0 Å². The maximum absolute atomic E-state index is 12.6. The number of aryl methyl sites for hydroxylation is 2. The summed E-state index contributed by atoms with van der Waals surface area (Å²) in [6.45, 7) is 6.41. The normalized spacial score (nSPS) is 25.0. The number of imidazole rings is 1. The van der Waals surface area contributed by atoms with Crippen molar-refractivity contribution in [3.63, 3.8) is 0 Å². The fourth-order valence-corrected chi connectivity index (χ4v) is 3.90. The van der Waals surface area contributed by atoms with Gasteiger partial charge in [0, 0.05) is 25.8 Å². The van der Waals surface area contributed by atoms with Crippen LogP contribution in [0.5, 0.6) is 0 Å². The van der Waals surface area contributed by atoms with Gasteiger partial charge in [-0.3, -0.25) is 0 Å². The van der Waals surface area contributed by atoms with Crippen LogP contribution < -0.4 is 0 Å². The molecule has 1 aliphatic heterocycles. The van der Waals surface area contributed by atoms with Crippen LogP contribution in [0.15, 0.2) is 11.2 Å². The average molecular weight is 303 g/mol. The minimum Gasteiger partial charge on any atom is -0.394 e. The minimum atomic E-state index is -3.64. The van der Waals surface area contributed by atoms with Crippen molar-refractivity contribution < 1.29 is 18.3 Å². The number of morpholine rings is 1. The van der Waals surface area contributed by atoms with Gasteiger partial charge in [-0.1, -0.05) is 0 Å². The van der Waals surface area contributed by atoms with Gasteiger partial charge in [0.2, 0.25) is 0 Å². The number of hydrogen-bond donors (Lipinski definition) is 1. The number of aromatic nitrogens is 2. The summed E-state index contributed by atoms with van der Waals surface area (Å²) >= 11 is 0. The molecule has 1 fully saturated rings. The van der Waals surface area contributed by atoms with Crippen molar-refractivity contribution in [3.05, 3.63) is 12.0 Å². The molecule has 2 atom stereocenters. The van der Waals surface area contributed by atoms with Gasteiger partial charge in [-0.05, 0) is 20.8 Å². The van der Waals surface area contributed by atoms with E-state index in [1.807, 2.05) is 6.92 Å². The molecule has 0 aliphatic carbocycles. The third kappa shape index (κ3) is 2.88. The SMILES string of the molecule is CCn1cc(S(=O)(=O)N2CC(C)OC(CO)C2)nc1C. The summed E-state index contributed by atoms with van der Waals surface area (Å²) in [7, 11) is -3.64. The van der Waals surface area contributed by atoms with Crippen molar-refractivity contribution in [1.29, 1.82) is 0 Å². The fourth-order valence-electron chi connectivity index (χ4n) is 2.36. The molecule has 2 heterocycles. The van der Waals surface area contributed by atoms with Crippen LogP contribution in [-0.4, -0.2) is 59.3 Å². The molecule has 1 aromatic rings. The Hall–Kier alpha value is -0.960. The molecule has 0 radical (unpaired) electrons. The van der Waals surface area contributed by atoms with Crippen LogP contribution in [-0.2, 0) is 21.3 Å². The Morgan fingerprint density at radius 3 is 2.75 bits per heavy atom. The first kappa shape index (κ1) is 15.4. The molecule has 0 aromatic carbocycles. The molecule has 1 aliphatic rings. The molecule has 2 rings (SSSR count). The molecular weight excluding hydrogens is 282 g/mol. The summed E-state index contributed by atoms with van der Waals surface area (Å²) < 4.78 is 33.8. The summed E-state index contributed by atoms with van der Waals surface area (Å²) in [5.41, 5.74) is 0. The summed E-state index contributed by atoms with van der Waals surface area (Å²) in [6, 6.07) is 0. The predicted molar refractivity (Wildman–Crippen MR) is 72.8 cm³/mol. The van der Waals surface area contributed by atoms with Gasteiger partial charge in [-0.2, -0.15) is 4.31 Å². The zero-order chi connectivity index (χ0) is 14.9. The molecule has 1 N–H and O–H groups in total. The van der Waals surface area contributed by atoms with Gasteiger partial charge in [0.1, 0.15) is 5.82 Å². The molecule has 0 bridgehead atoms. The molecular formula is C12H21N3O4S. The first-order valence-electron chi connectivity index (χ1n) is 6.68. The molecule has 0 saturated carbocycles. The first-order chi connectivity index (χ1) is 9.38. The van der Waals surface area contributed by atoms with Crippen molar-refractivity contribution in [3.8, 4) is 0 Å². The van der Waals surface area contributed by atoms with Crippen molar-refractivity contribution >= 4 is 10.0 Å². The van der Waals surface area contributed by atoms with Crippen LogP contribution in [0.4, 0.5) is 0 Å². The Morgan fingerprint density at radius 1 is 1.50 bits per heavy atom. The summed E-state index contributed by atoms with van der Waals surface area (Å²) in [5, 5.41) is 9.24. The molecule has 7 nitrogen and oxygen atoms in total. The van der Waals surface area contributed by atoms with E-state index in [0.29, 0.717) is 12.4 Å². The Kier molecular flexibility index (Phi) is 4.48. The first-order valence-corrected chi connectivity index (χ1v) is 8.12. The summed E-state index contributed by atoms with van der Waals surface area (Å²) in [4.78, 5) is 4.13. The van der Waals surface area contributed by atoms with Crippen LogP contribution in [0.1, 0.15) is 19.7 Å². The smallest absolute Gasteiger partial charge is 0.262 e. The molecule has 20 heavy (non-hydrogen) atoms. The van der Waals surface area contributed by atoms with E-state index in [0.717, 1.165) is 0 Å². The third-order valence-electron chi connectivity index (χ3n) is 3.40. The van der Waals surface area contributed by atoms with Crippen molar-refractivity contribution in [2.45, 2.75) is 44.5 Å². The maximum atomic E-state index is 12.6. The van der Waals surface area contributed by atoms with Gasteiger partial charge in [-0.25, -0.2) is 13.4 Å². The monoisotopic (exact) mass is 303 g/mol. The summed E-state index contributed by atoms with van der Waals surface area (Å²) in [6.07, 6.45) is 0.826. The molecule has 8 heteroatoms. The number of rotatable bonds is 4. The second-order valence-electron chi connectivity index (χ2n) is 4.99. The van der Waals surface area contributed by atoms with E-state index in [-0.39, 0.29) is 30.8 Å². The maximum Gasteiger partial charge on any atom is 0.262 e. The Balaban J connectivity index is 2.29. The lowest BCUT2D eigenvalue weighted by Crippen LogP contribution is -2.50. The number of sulfonamides is 1. The highest BCUT2D eigenvalue weighted by Gasteiger charge is 2.35. The zero-order valence-electron chi connectivity index (χ0n) is 12.0. The number of ether oxygens (including phenoxy) is 1. The molecule has 1 aromatic heterocycles. The number of aliphatic hydroxyl groups excluding tert-OH is 1. The Labute approximate surface area is 119 Å². The largest absolute Gasteiger partial charge is 0.394 e. The summed E-state index contributed by atoms with van der Waals surface area (Å²) in [5.74, 6) is 0.672. The fraction of sp³-hybridized carbons (Fsp3) is 0.750. The average Bonchev–Trinajstić information content (AvgIpc) is 2.79. The van der Waals surface area contributed by atoms with Gasteiger partial charge in [-0.15, -0.1) is 0 Å². The lowest BCUT2D eigenvalue weighted by Gasteiger charge is -2.34. The van der Waals surface area contributed by atoms with Gasteiger partial charge < -0.3 is 14.4 Å². The quantitative estimate of drug-likeness (QED) is 0.845. The van der Waals surface area contributed by atoms with Crippen LogP contribution in [0, 0.1) is 6.92 Å². The van der Waals surface area contributed by atoms with Gasteiger partial charge in [0.15, 0.2) is 5.03 Å². The topological polar surface area (TPSA) is 84.7 Å². The highest BCUT2D eigenvalue weighted by molar-refractivity contribution is 7.89. The molecule has 0 amide bonds. The molecule has 114 valence electrons. The van der Waals surface area contributed by atoms with Crippen LogP contribution in [0.2, 0.25) is 0 Å². The Morgan fingerprint density at radius 2 is 2.20 bits per heavy atom. The lowest BCUT2D eigenvalue weighted by atomic mass is 10.2. The number of hydrogen-bond acceptors (Lipinski definition) is 5. The van der Waals surface area contributed by atoms with Crippen molar-refractivity contribution in [2.75, 3.05) is 19.7 Å². The van der Waals surface area contributed by atoms with E-state index in [4.69, 9.17) is 4.74 Å². The van der Waals surface area contributed by atoms with Gasteiger partial charge in [0.25, 0.3) is 10.0 Å². The molecule has 0 spiro atoms. The minimum absolute atomic E-state index is 0.0580. The van der Waals surface area contributed by atoms with Crippen LogP contribution in [0.3, 0.4) is 0 Å². The molecule has 2 unspecified atom stereocenters. The van der Waals surface area contributed by atoms with E-state index in [2.05, 4.69) is 4.98 Å². The lowest BCUT2D eigenvalue weighted by molar-refractivity contribution is -0.0750. The van der Waals surface area contributed by atoms with E-state index in [1.54, 1.807) is 24.6 Å².